The van der Waals surface area contributed by atoms with Gasteiger partial charge in [0.1, 0.15) is 6.10 Å². The summed E-state index contributed by atoms with van der Waals surface area (Å²) in [5.41, 5.74) is 0.832. The molecule has 17 heavy (non-hydrogen) atoms. The molecule has 0 aromatic heterocycles. The maximum absolute atomic E-state index is 11.2. The molecule has 1 N–H and O–H groups in total. The number of nitrogens with one attached hydrogen (secondary N) is 1. The van der Waals surface area contributed by atoms with Crippen molar-refractivity contribution in [3.63, 3.8) is 0 Å². The summed E-state index contributed by atoms with van der Waals surface area (Å²) in [5.74, 6) is 0.245. The number of para-hydroxylation sites is 1. The Morgan fingerprint density at radius 3 is 2.65 bits per heavy atom. The first-order valence-electron chi connectivity index (χ1n) is 5.28. The molecule has 92 valence electrons. The normalized spacial score (nSPS) is 22.0. The highest BCUT2D eigenvalue weighted by Gasteiger charge is 2.29. The quantitative estimate of drug-likeness (QED) is 0.828. The summed E-state index contributed by atoms with van der Waals surface area (Å²) in [6.45, 7) is 0. The first-order chi connectivity index (χ1) is 8.05. The number of anilines is 1. The van der Waals surface area contributed by atoms with E-state index in [2.05, 4.69) is 5.32 Å². The lowest BCUT2D eigenvalue weighted by Crippen LogP contribution is -2.23. The Morgan fingerprint density at radius 1 is 1.35 bits per heavy atom. The summed E-state index contributed by atoms with van der Waals surface area (Å²) >= 11 is 5.02. The fourth-order valence-electron chi connectivity index (χ4n) is 1.67. The summed E-state index contributed by atoms with van der Waals surface area (Å²) < 4.78 is 27.9. The van der Waals surface area contributed by atoms with E-state index in [1.54, 1.807) is 0 Å². The van der Waals surface area contributed by atoms with Crippen LogP contribution in [-0.4, -0.2) is 31.2 Å². The molecular formula is C11H13NO3S2. The summed E-state index contributed by atoms with van der Waals surface area (Å²) in [6.07, 6.45) is 0.197. The van der Waals surface area contributed by atoms with Crippen molar-refractivity contribution < 1.29 is 13.2 Å². The summed E-state index contributed by atoms with van der Waals surface area (Å²) in [5, 5.41) is 3.13. The van der Waals surface area contributed by atoms with E-state index in [0.29, 0.717) is 6.42 Å². The lowest BCUT2D eigenvalue weighted by atomic mass is 10.3. The molecule has 1 aliphatic rings. The van der Waals surface area contributed by atoms with Gasteiger partial charge in [-0.1, -0.05) is 18.2 Å². The van der Waals surface area contributed by atoms with Crippen molar-refractivity contribution >= 4 is 32.9 Å². The molecule has 6 heteroatoms. The average Bonchev–Trinajstić information content (AvgIpc) is 2.59. The van der Waals surface area contributed by atoms with Crippen molar-refractivity contribution in [2.24, 2.45) is 0 Å². The highest BCUT2D eigenvalue weighted by molar-refractivity contribution is 7.91. The molecule has 1 aromatic rings. The number of hydrogen-bond donors (Lipinski definition) is 1. The maximum atomic E-state index is 11.2. The molecule has 1 fully saturated rings. The van der Waals surface area contributed by atoms with Gasteiger partial charge in [0.25, 0.3) is 5.17 Å². The second kappa shape index (κ2) is 5.01. The number of rotatable bonds is 2. The Balaban J connectivity index is 1.87. The predicted molar refractivity (Wildman–Crippen MR) is 70.8 cm³/mol. The van der Waals surface area contributed by atoms with Crippen LogP contribution < -0.4 is 5.32 Å². The summed E-state index contributed by atoms with van der Waals surface area (Å²) in [6, 6.07) is 9.39. The minimum absolute atomic E-state index is 0.0591. The van der Waals surface area contributed by atoms with Gasteiger partial charge in [0.05, 0.1) is 11.5 Å². The molecule has 0 radical (unpaired) electrons. The van der Waals surface area contributed by atoms with E-state index in [1.807, 2.05) is 30.3 Å². The lowest BCUT2D eigenvalue weighted by Gasteiger charge is -2.13. The number of thiocarbonyl (C=S) groups is 1. The van der Waals surface area contributed by atoms with Gasteiger partial charge < -0.3 is 10.1 Å². The van der Waals surface area contributed by atoms with Crippen molar-refractivity contribution in [2.75, 3.05) is 16.8 Å². The third-order valence-corrected chi connectivity index (χ3v) is 4.42. The molecule has 0 aliphatic carbocycles. The first kappa shape index (κ1) is 12.3. The number of benzene rings is 1. The molecule has 1 heterocycles. The van der Waals surface area contributed by atoms with Crippen LogP contribution in [0.1, 0.15) is 6.42 Å². The number of hydrogen-bond acceptors (Lipinski definition) is 4. The van der Waals surface area contributed by atoms with E-state index >= 15 is 0 Å². The Labute approximate surface area is 106 Å². The average molecular weight is 271 g/mol. The molecule has 1 atom stereocenters. The lowest BCUT2D eigenvalue weighted by molar-refractivity contribution is 0.221. The Bertz CT molecular complexity index is 499. The predicted octanol–water partition coefficient (Wildman–Crippen LogP) is 1.59. The second-order valence-corrected chi connectivity index (χ2v) is 6.52. The molecule has 1 aliphatic heterocycles. The molecule has 0 amide bonds. The van der Waals surface area contributed by atoms with E-state index < -0.39 is 9.84 Å². The number of ether oxygens (including phenoxy) is 1. The summed E-state index contributed by atoms with van der Waals surface area (Å²) in [4.78, 5) is 0. The van der Waals surface area contributed by atoms with Crippen molar-refractivity contribution in [3.05, 3.63) is 30.3 Å². The van der Waals surface area contributed by atoms with Crippen LogP contribution in [0.4, 0.5) is 5.69 Å². The van der Waals surface area contributed by atoms with E-state index in [1.165, 1.54) is 0 Å². The Kier molecular flexibility index (Phi) is 3.63. The third kappa shape index (κ3) is 3.67. The van der Waals surface area contributed by atoms with Crippen LogP contribution in [0, 0.1) is 0 Å². The monoisotopic (exact) mass is 271 g/mol. The standard InChI is InChI=1S/C11H13NO3S2/c13-17(14)7-6-10(8-17)15-11(16)12-9-4-2-1-3-5-9/h1-5,10H,6-8H2,(H,12,16). The van der Waals surface area contributed by atoms with E-state index in [-0.39, 0.29) is 22.8 Å². The van der Waals surface area contributed by atoms with Gasteiger partial charge in [0, 0.05) is 5.69 Å². The van der Waals surface area contributed by atoms with E-state index in [9.17, 15) is 8.42 Å². The fraction of sp³-hybridized carbons (Fsp3) is 0.364. The van der Waals surface area contributed by atoms with Crippen LogP contribution in [0.15, 0.2) is 30.3 Å². The smallest absolute Gasteiger partial charge is 0.261 e. The van der Waals surface area contributed by atoms with Crippen LogP contribution in [0.25, 0.3) is 0 Å². The molecule has 2 rings (SSSR count). The van der Waals surface area contributed by atoms with Crippen LogP contribution >= 0.6 is 12.2 Å². The zero-order valence-corrected chi connectivity index (χ0v) is 10.8. The van der Waals surface area contributed by atoms with Crippen LogP contribution in [0.2, 0.25) is 0 Å². The minimum Gasteiger partial charge on any atom is -0.466 e. The van der Waals surface area contributed by atoms with Crippen LogP contribution in [0.3, 0.4) is 0 Å². The molecule has 1 unspecified atom stereocenters. The van der Waals surface area contributed by atoms with Gasteiger partial charge in [-0.2, -0.15) is 0 Å². The Morgan fingerprint density at radius 2 is 2.06 bits per heavy atom. The highest BCUT2D eigenvalue weighted by atomic mass is 32.2. The van der Waals surface area contributed by atoms with Gasteiger partial charge in [-0.15, -0.1) is 0 Å². The zero-order chi connectivity index (χ0) is 12.3. The van der Waals surface area contributed by atoms with Gasteiger partial charge in [-0.3, -0.25) is 0 Å². The molecule has 1 saturated heterocycles. The Hall–Kier alpha value is -1.14. The SMILES string of the molecule is O=S1(=O)CCC(OC(=S)Nc2ccccc2)C1. The summed E-state index contributed by atoms with van der Waals surface area (Å²) in [7, 11) is -2.93. The van der Waals surface area contributed by atoms with Crippen LogP contribution in [0.5, 0.6) is 0 Å². The molecule has 0 spiro atoms. The first-order valence-corrected chi connectivity index (χ1v) is 7.51. The second-order valence-electron chi connectivity index (χ2n) is 3.92. The zero-order valence-electron chi connectivity index (χ0n) is 9.13. The van der Waals surface area contributed by atoms with E-state index in [4.69, 9.17) is 17.0 Å². The molecule has 0 bridgehead atoms. The third-order valence-electron chi connectivity index (χ3n) is 2.48. The van der Waals surface area contributed by atoms with E-state index in [0.717, 1.165) is 5.69 Å². The van der Waals surface area contributed by atoms with Gasteiger partial charge >= 0.3 is 0 Å². The molecule has 0 saturated carbocycles. The van der Waals surface area contributed by atoms with Gasteiger partial charge in [-0.05, 0) is 30.8 Å². The van der Waals surface area contributed by atoms with Crippen LogP contribution in [-0.2, 0) is 14.6 Å². The van der Waals surface area contributed by atoms with Gasteiger partial charge in [0.2, 0.25) is 0 Å². The highest BCUT2D eigenvalue weighted by Crippen LogP contribution is 2.16. The molecule has 1 aromatic carbocycles. The fourth-order valence-corrected chi connectivity index (χ4v) is 3.52. The topological polar surface area (TPSA) is 55.4 Å². The van der Waals surface area contributed by atoms with Crippen molar-refractivity contribution in [1.82, 2.24) is 0 Å². The van der Waals surface area contributed by atoms with Crippen molar-refractivity contribution in [2.45, 2.75) is 12.5 Å². The van der Waals surface area contributed by atoms with Gasteiger partial charge in [-0.25, -0.2) is 8.42 Å². The number of sulfone groups is 1. The molecular weight excluding hydrogens is 258 g/mol. The van der Waals surface area contributed by atoms with Crippen molar-refractivity contribution in [3.8, 4) is 0 Å². The maximum Gasteiger partial charge on any atom is 0.261 e. The minimum atomic E-state index is -2.93. The molecule has 4 nitrogen and oxygen atoms in total. The van der Waals surface area contributed by atoms with Gasteiger partial charge in [0.15, 0.2) is 9.84 Å². The largest absolute Gasteiger partial charge is 0.466 e. The van der Waals surface area contributed by atoms with Crippen molar-refractivity contribution in [1.29, 1.82) is 0 Å².